The Balaban J connectivity index is 1.30. The van der Waals surface area contributed by atoms with Crippen molar-refractivity contribution < 1.29 is 0 Å². The van der Waals surface area contributed by atoms with Crippen LogP contribution < -0.4 is 21.5 Å². The van der Waals surface area contributed by atoms with E-state index in [-0.39, 0.29) is 0 Å². The predicted octanol–water partition coefficient (Wildman–Crippen LogP) is 6.61. The van der Waals surface area contributed by atoms with Crippen molar-refractivity contribution in [3.63, 3.8) is 0 Å². The average Bonchev–Trinajstić information content (AvgIpc) is 2.76. The zero-order valence-electron chi connectivity index (χ0n) is 15.4. The van der Waals surface area contributed by atoms with Crippen molar-refractivity contribution in [3.8, 4) is 0 Å². The van der Waals surface area contributed by atoms with Gasteiger partial charge in [-0.1, -0.05) is 36.4 Å². The van der Waals surface area contributed by atoms with Crippen LogP contribution in [0.5, 0.6) is 0 Å². The van der Waals surface area contributed by atoms with Crippen LogP contribution in [0.25, 0.3) is 0 Å². The second-order valence-corrected chi connectivity index (χ2v) is 6.39. The van der Waals surface area contributed by atoms with Crippen LogP contribution in [0.3, 0.4) is 0 Å². The Labute approximate surface area is 165 Å². The summed E-state index contributed by atoms with van der Waals surface area (Å²) >= 11 is 0. The second kappa shape index (κ2) is 8.64. The van der Waals surface area contributed by atoms with Crippen molar-refractivity contribution in [2.24, 2.45) is 0 Å². The summed E-state index contributed by atoms with van der Waals surface area (Å²) < 4.78 is 0. The van der Waals surface area contributed by atoms with E-state index in [1.54, 1.807) is 0 Å². The van der Waals surface area contributed by atoms with Gasteiger partial charge in [-0.05, 0) is 72.8 Å². The van der Waals surface area contributed by atoms with Gasteiger partial charge in [-0.3, -0.25) is 0 Å². The maximum atomic E-state index is 3.38. The Bertz CT molecular complexity index is 897. The highest BCUT2D eigenvalue weighted by molar-refractivity contribution is 5.65. The molecule has 4 N–H and O–H groups in total. The summed E-state index contributed by atoms with van der Waals surface area (Å²) in [6.07, 6.45) is 0. The fourth-order valence-electron chi connectivity index (χ4n) is 2.79. The maximum Gasteiger partial charge on any atom is 0.0541 e. The van der Waals surface area contributed by atoms with Crippen molar-refractivity contribution in [3.05, 3.63) is 109 Å². The minimum Gasteiger partial charge on any atom is -0.356 e. The number of rotatable bonds is 7. The van der Waals surface area contributed by atoms with E-state index in [2.05, 4.69) is 21.5 Å². The monoisotopic (exact) mass is 366 g/mol. The van der Waals surface area contributed by atoms with E-state index < -0.39 is 0 Å². The summed E-state index contributed by atoms with van der Waals surface area (Å²) in [4.78, 5) is 0. The lowest BCUT2D eigenvalue weighted by atomic mass is 10.2. The van der Waals surface area contributed by atoms with Gasteiger partial charge >= 0.3 is 0 Å². The van der Waals surface area contributed by atoms with Crippen molar-refractivity contribution >= 4 is 34.1 Å². The molecule has 0 spiro atoms. The third-order valence-corrected chi connectivity index (χ3v) is 4.25. The van der Waals surface area contributed by atoms with E-state index in [1.165, 1.54) is 0 Å². The fraction of sp³-hybridized carbons (Fsp3) is 0. The van der Waals surface area contributed by atoms with Crippen LogP contribution in [0, 0.1) is 0 Å². The van der Waals surface area contributed by atoms with Gasteiger partial charge in [0.15, 0.2) is 0 Å². The summed E-state index contributed by atoms with van der Waals surface area (Å²) in [5.74, 6) is 0. The van der Waals surface area contributed by atoms with E-state index in [4.69, 9.17) is 0 Å². The first kappa shape index (κ1) is 17.5. The maximum absolute atomic E-state index is 3.38. The molecule has 0 aliphatic carbocycles. The largest absolute Gasteiger partial charge is 0.356 e. The van der Waals surface area contributed by atoms with Crippen LogP contribution in [0.2, 0.25) is 0 Å². The van der Waals surface area contributed by atoms with Gasteiger partial charge in [0.2, 0.25) is 0 Å². The second-order valence-electron chi connectivity index (χ2n) is 6.39. The van der Waals surface area contributed by atoms with E-state index in [1.807, 2.05) is 109 Å². The zero-order chi connectivity index (χ0) is 19.0. The van der Waals surface area contributed by atoms with Gasteiger partial charge in [0, 0.05) is 22.7 Å². The Morgan fingerprint density at radius 1 is 0.286 bits per heavy atom. The third-order valence-electron chi connectivity index (χ3n) is 4.25. The van der Waals surface area contributed by atoms with Gasteiger partial charge in [-0.2, -0.15) is 0 Å². The Kier molecular flexibility index (Phi) is 5.40. The molecule has 0 aliphatic heterocycles. The molecular weight excluding hydrogens is 344 g/mol. The van der Waals surface area contributed by atoms with Crippen LogP contribution in [0.1, 0.15) is 0 Å². The Hall–Kier alpha value is -3.92. The summed E-state index contributed by atoms with van der Waals surface area (Å²) in [6, 6.07) is 36.6. The van der Waals surface area contributed by atoms with E-state index >= 15 is 0 Å². The SMILES string of the molecule is c1ccc(Nc2ccc(NNc3ccc(Nc4ccccc4)cc3)cc2)cc1. The highest BCUT2D eigenvalue weighted by Crippen LogP contribution is 2.21. The Morgan fingerprint density at radius 3 is 0.929 bits per heavy atom. The first-order valence-electron chi connectivity index (χ1n) is 9.21. The molecular formula is C24H22N4. The first-order valence-corrected chi connectivity index (χ1v) is 9.21. The fourth-order valence-corrected chi connectivity index (χ4v) is 2.79. The highest BCUT2D eigenvalue weighted by atomic mass is 15.4. The molecule has 0 atom stereocenters. The van der Waals surface area contributed by atoms with E-state index in [9.17, 15) is 0 Å². The predicted molar refractivity (Wildman–Crippen MR) is 120 cm³/mol. The standard InChI is InChI=1S/C24H22N4/c1-3-7-19(8-4-1)25-21-11-15-23(16-12-21)27-28-24-17-13-22(14-18-24)26-20-9-5-2-6-10-20/h1-18,25-28H. The average molecular weight is 366 g/mol. The third kappa shape index (κ3) is 4.83. The summed E-state index contributed by atoms with van der Waals surface area (Å²) in [7, 11) is 0. The van der Waals surface area contributed by atoms with Crippen LogP contribution in [-0.4, -0.2) is 0 Å². The molecule has 0 unspecified atom stereocenters. The lowest BCUT2D eigenvalue weighted by Gasteiger charge is -2.12. The smallest absolute Gasteiger partial charge is 0.0541 e. The lowest BCUT2D eigenvalue weighted by molar-refractivity contribution is 1.41. The molecule has 138 valence electrons. The number of hydrogen-bond donors (Lipinski definition) is 4. The van der Waals surface area contributed by atoms with E-state index in [0.717, 1.165) is 34.1 Å². The van der Waals surface area contributed by atoms with Gasteiger partial charge in [0.05, 0.1) is 11.4 Å². The first-order chi connectivity index (χ1) is 13.8. The molecule has 0 fully saturated rings. The lowest BCUT2D eigenvalue weighted by Crippen LogP contribution is -2.08. The van der Waals surface area contributed by atoms with Crippen LogP contribution in [0.15, 0.2) is 109 Å². The van der Waals surface area contributed by atoms with Gasteiger partial charge in [-0.25, -0.2) is 0 Å². The number of nitrogens with one attached hydrogen (secondary N) is 4. The molecule has 4 rings (SSSR count). The molecule has 4 aromatic rings. The molecule has 0 radical (unpaired) electrons. The minimum atomic E-state index is 0.991. The van der Waals surface area contributed by atoms with Gasteiger partial charge in [-0.15, -0.1) is 0 Å². The topological polar surface area (TPSA) is 48.1 Å². The normalized spacial score (nSPS) is 10.1. The molecule has 0 heterocycles. The molecule has 4 nitrogen and oxygen atoms in total. The molecule has 0 saturated heterocycles. The van der Waals surface area contributed by atoms with Crippen LogP contribution in [-0.2, 0) is 0 Å². The summed E-state index contributed by atoms with van der Waals surface area (Å²) in [5, 5.41) is 6.75. The summed E-state index contributed by atoms with van der Waals surface area (Å²) in [6.45, 7) is 0. The molecule has 0 aromatic heterocycles. The molecule has 0 saturated carbocycles. The van der Waals surface area contributed by atoms with E-state index in [0.29, 0.717) is 0 Å². The number of hydrazine groups is 1. The van der Waals surface area contributed by atoms with Crippen LogP contribution in [0.4, 0.5) is 34.1 Å². The number of benzene rings is 4. The molecule has 4 heteroatoms. The quantitative estimate of drug-likeness (QED) is 0.278. The molecule has 4 aromatic carbocycles. The highest BCUT2D eigenvalue weighted by Gasteiger charge is 1.98. The number of hydrogen-bond acceptors (Lipinski definition) is 4. The van der Waals surface area contributed by atoms with Crippen molar-refractivity contribution in [2.75, 3.05) is 21.5 Å². The van der Waals surface area contributed by atoms with Crippen molar-refractivity contribution in [2.45, 2.75) is 0 Å². The Morgan fingerprint density at radius 2 is 0.571 bits per heavy atom. The number of anilines is 6. The van der Waals surface area contributed by atoms with Gasteiger partial charge < -0.3 is 21.5 Å². The molecule has 0 bridgehead atoms. The van der Waals surface area contributed by atoms with Crippen molar-refractivity contribution in [1.29, 1.82) is 0 Å². The van der Waals surface area contributed by atoms with Crippen LogP contribution >= 0.6 is 0 Å². The number of para-hydroxylation sites is 2. The van der Waals surface area contributed by atoms with Gasteiger partial charge in [0.25, 0.3) is 0 Å². The van der Waals surface area contributed by atoms with Gasteiger partial charge in [0.1, 0.15) is 0 Å². The molecule has 0 aliphatic rings. The molecule has 28 heavy (non-hydrogen) atoms. The minimum absolute atomic E-state index is 0.991. The molecule has 0 amide bonds. The summed E-state index contributed by atoms with van der Waals surface area (Å²) in [5.41, 5.74) is 12.7. The van der Waals surface area contributed by atoms with Crippen molar-refractivity contribution in [1.82, 2.24) is 0 Å². The zero-order valence-corrected chi connectivity index (χ0v) is 15.4.